The van der Waals surface area contributed by atoms with E-state index in [9.17, 15) is 4.79 Å². The molecule has 3 heterocycles. The van der Waals surface area contributed by atoms with Crippen molar-refractivity contribution in [1.82, 2.24) is 19.4 Å². The predicted molar refractivity (Wildman–Crippen MR) is 149 cm³/mol. The molecule has 1 fully saturated rings. The Morgan fingerprint density at radius 1 is 1.05 bits per heavy atom. The number of methoxy groups -OCH3 is 2. The molecule has 9 heteroatoms. The first-order valence-corrected chi connectivity index (χ1v) is 13.6. The van der Waals surface area contributed by atoms with E-state index in [1.807, 2.05) is 49.3 Å². The Kier molecular flexibility index (Phi) is 7.38. The van der Waals surface area contributed by atoms with Crippen LogP contribution in [0.5, 0.6) is 5.88 Å². The summed E-state index contributed by atoms with van der Waals surface area (Å²) in [5, 5.41) is 0.674. The van der Waals surface area contributed by atoms with Crippen molar-refractivity contribution >= 4 is 23.5 Å². The van der Waals surface area contributed by atoms with E-state index in [0.717, 1.165) is 53.8 Å². The van der Waals surface area contributed by atoms with Crippen LogP contribution in [-0.2, 0) is 4.74 Å². The Labute approximate surface area is 229 Å². The number of amides is 1. The van der Waals surface area contributed by atoms with Crippen molar-refractivity contribution in [1.29, 1.82) is 0 Å². The SMILES string of the molecule is COc1nc(N(C)C)ncc1-c1cc2c(n1C(C)C)C(c1ccc(Cl)cc1)N(C1CCC(OC)CC1)C2=O. The molecule has 1 aliphatic heterocycles. The smallest absolute Gasteiger partial charge is 0.256 e. The van der Waals surface area contributed by atoms with Crippen LogP contribution in [0.2, 0.25) is 5.02 Å². The fraction of sp³-hybridized carbons (Fsp3) is 0.483. The summed E-state index contributed by atoms with van der Waals surface area (Å²) in [4.78, 5) is 27.3. The number of carbonyl (C=O) groups is 1. The molecule has 38 heavy (non-hydrogen) atoms. The van der Waals surface area contributed by atoms with E-state index in [4.69, 9.17) is 21.1 Å². The van der Waals surface area contributed by atoms with Gasteiger partial charge in [-0.25, -0.2) is 4.98 Å². The van der Waals surface area contributed by atoms with Crippen LogP contribution in [0, 0.1) is 0 Å². The van der Waals surface area contributed by atoms with Crippen LogP contribution in [0.3, 0.4) is 0 Å². The van der Waals surface area contributed by atoms with Gasteiger partial charge in [0.25, 0.3) is 5.91 Å². The molecule has 8 nitrogen and oxygen atoms in total. The highest BCUT2D eigenvalue weighted by atomic mass is 35.5. The van der Waals surface area contributed by atoms with Gasteiger partial charge in [-0.05, 0) is 63.3 Å². The topological polar surface area (TPSA) is 72.7 Å². The summed E-state index contributed by atoms with van der Waals surface area (Å²) in [6.45, 7) is 4.28. The van der Waals surface area contributed by atoms with Crippen molar-refractivity contribution in [3.63, 3.8) is 0 Å². The average molecular weight is 538 g/mol. The highest BCUT2D eigenvalue weighted by Crippen LogP contribution is 2.47. The monoisotopic (exact) mass is 537 g/mol. The van der Waals surface area contributed by atoms with E-state index in [-0.39, 0.29) is 30.1 Å². The molecule has 1 amide bonds. The molecule has 0 radical (unpaired) electrons. The van der Waals surface area contributed by atoms with Gasteiger partial charge in [-0.15, -0.1) is 0 Å². The number of anilines is 1. The van der Waals surface area contributed by atoms with Crippen molar-refractivity contribution in [3.05, 3.63) is 58.4 Å². The first kappa shape index (κ1) is 26.5. The van der Waals surface area contributed by atoms with Crippen molar-refractivity contribution in [2.45, 2.75) is 63.8 Å². The summed E-state index contributed by atoms with van der Waals surface area (Å²) in [7, 11) is 7.17. The second-order valence-corrected chi connectivity index (χ2v) is 11.0. The lowest BCUT2D eigenvalue weighted by Gasteiger charge is -2.38. The summed E-state index contributed by atoms with van der Waals surface area (Å²) in [5.41, 5.74) is 4.41. The highest BCUT2D eigenvalue weighted by molar-refractivity contribution is 6.30. The fourth-order valence-corrected chi connectivity index (χ4v) is 6.07. The summed E-state index contributed by atoms with van der Waals surface area (Å²) in [5.74, 6) is 1.10. The molecule has 202 valence electrons. The number of benzene rings is 1. The first-order chi connectivity index (χ1) is 18.2. The maximum atomic E-state index is 14.2. The van der Waals surface area contributed by atoms with E-state index in [0.29, 0.717) is 16.9 Å². The standard InChI is InChI=1S/C29H36ClN5O3/c1-17(2)34-24(23-16-31-29(33(3)4)32-27(23)38-6)15-22-26(34)25(18-7-9-19(30)10-8-18)35(28(22)36)20-11-13-21(37-5)14-12-20/h7-10,15-17,20-21,25H,11-14H2,1-6H3. The number of aromatic nitrogens is 3. The van der Waals surface area contributed by atoms with Crippen LogP contribution in [0.15, 0.2) is 36.5 Å². The Balaban J connectivity index is 1.67. The van der Waals surface area contributed by atoms with Gasteiger partial charge in [-0.1, -0.05) is 23.7 Å². The maximum Gasteiger partial charge on any atom is 0.256 e. The number of ether oxygens (including phenoxy) is 2. The lowest BCUT2D eigenvalue weighted by Crippen LogP contribution is -2.42. The molecule has 2 aliphatic rings. The van der Waals surface area contributed by atoms with E-state index in [1.165, 1.54) is 0 Å². The third-order valence-electron chi connectivity index (χ3n) is 7.76. The number of halogens is 1. The van der Waals surface area contributed by atoms with Gasteiger partial charge in [0, 0.05) is 44.5 Å². The van der Waals surface area contributed by atoms with Gasteiger partial charge in [-0.3, -0.25) is 4.79 Å². The molecule has 0 N–H and O–H groups in total. The lowest BCUT2D eigenvalue weighted by molar-refractivity contribution is 0.0295. The number of rotatable bonds is 7. The number of carbonyl (C=O) groups excluding carboxylic acids is 1. The van der Waals surface area contributed by atoms with Gasteiger partial charge in [0.2, 0.25) is 11.8 Å². The maximum absolute atomic E-state index is 14.2. The van der Waals surface area contributed by atoms with Crippen LogP contribution < -0.4 is 9.64 Å². The molecule has 0 spiro atoms. The number of fused-ring (bicyclic) bond motifs is 1. The van der Waals surface area contributed by atoms with Gasteiger partial charge >= 0.3 is 0 Å². The molecule has 5 rings (SSSR count). The average Bonchev–Trinajstić information content (AvgIpc) is 3.44. The second kappa shape index (κ2) is 10.6. The third kappa shape index (κ3) is 4.54. The van der Waals surface area contributed by atoms with Gasteiger partial charge in [-0.2, -0.15) is 4.98 Å². The summed E-state index contributed by atoms with van der Waals surface area (Å²) < 4.78 is 13.6. The van der Waals surface area contributed by atoms with E-state index in [1.54, 1.807) is 20.4 Å². The molecule has 0 bridgehead atoms. The second-order valence-electron chi connectivity index (χ2n) is 10.6. The Hall–Kier alpha value is -3.10. The molecule has 1 saturated carbocycles. The number of nitrogens with zero attached hydrogens (tertiary/aromatic N) is 5. The molecule has 2 aromatic heterocycles. The zero-order valence-electron chi connectivity index (χ0n) is 22.9. The zero-order valence-corrected chi connectivity index (χ0v) is 23.7. The zero-order chi connectivity index (χ0) is 27.1. The predicted octanol–water partition coefficient (Wildman–Crippen LogP) is 5.76. The quantitative estimate of drug-likeness (QED) is 0.382. The Morgan fingerprint density at radius 3 is 2.32 bits per heavy atom. The molecule has 3 aromatic rings. The molecule has 1 atom stereocenters. The molecule has 1 aliphatic carbocycles. The Morgan fingerprint density at radius 2 is 1.74 bits per heavy atom. The molecule has 0 saturated heterocycles. The lowest BCUT2D eigenvalue weighted by atomic mass is 9.90. The summed E-state index contributed by atoms with van der Waals surface area (Å²) in [6, 6.07) is 9.88. The van der Waals surface area contributed by atoms with Crippen molar-refractivity contribution in [2.24, 2.45) is 0 Å². The van der Waals surface area contributed by atoms with Gasteiger partial charge in [0.05, 0.1) is 41.8 Å². The number of hydrogen-bond donors (Lipinski definition) is 0. The fourth-order valence-electron chi connectivity index (χ4n) is 5.95. The largest absolute Gasteiger partial charge is 0.480 e. The van der Waals surface area contributed by atoms with E-state index in [2.05, 4.69) is 33.3 Å². The highest BCUT2D eigenvalue weighted by Gasteiger charge is 2.46. The summed E-state index contributed by atoms with van der Waals surface area (Å²) >= 11 is 6.27. The van der Waals surface area contributed by atoms with Crippen LogP contribution in [0.25, 0.3) is 11.3 Å². The molecule has 1 aromatic carbocycles. The van der Waals surface area contributed by atoms with Crippen molar-refractivity contribution in [3.8, 4) is 17.1 Å². The number of hydrogen-bond acceptors (Lipinski definition) is 6. The minimum absolute atomic E-state index is 0.0614. The molecular formula is C29H36ClN5O3. The van der Waals surface area contributed by atoms with E-state index >= 15 is 0 Å². The summed E-state index contributed by atoms with van der Waals surface area (Å²) in [6.07, 6.45) is 5.78. The van der Waals surface area contributed by atoms with Crippen LogP contribution in [0.1, 0.15) is 73.2 Å². The third-order valence-corrected chi connectivity index (χ3v) is 8.01. The van der Waals surface area contributed by atoms with Gasteiger partial charge in [0.1, 0.15) is 0 Å². The normalized spacial score (nSPS) is 21.2. The molecular weight excluding hydrogens is 502 g/mol. The van der Waals surface area contributed by atoms with Crippen molar-refractivity contribution < 1.29 is 14.3 Å². The van der Waals surface area contributed by atoms with Crippen molar-refractivity contribution in [2.75, 3.05) is 33.2 Å². The Bertz CT molecular complexity index is 1310. The molecule has 1 unspecified atom stereocenters. The first-order valence-electron chi connectivity index (χ1n) is 13.2. The minimum Gasteiger partial charge on any atom is -0.480 e. The van der Waals surface area contributed by atoms with Crippen LogP contribution in [-0.4, -0.2) is 65.8 Å². The van der Waals surface area contributed by atoms with E-state index < -0.39 is 0 Å². The van der Waals surface area contributed by atoms with Crippen LogP contribution in [0.4, 0.5) is 5.95 Å². The van der Waals surface area contributed by atoms with Crippen LogP contribution >= 0.6 is 11.6 Å². The van der Waals surface area contributed by atoms with Gasteiger partial charge in [0.15, 0.2) is 0 Å². The van der Waals surface area contributed by atoms with Gasteiger partial charge < -0.3 is 23.8 Å². The minimum atomic E-state index is -0.219.